The summed E-state index contributed by atoms with van der Waals surface area (Å²) in [7, 11) is 1.76. The number of likely N-dealkylation sites (tertiary alicyclic amines) is 1. The van der Waals surface area contributed by atoms with Gasteiger partial charge in [-0.2, -0.15) is 0 Å². The van der Waals surface area contributed by atoms with Crippen molar-refractivity contribution in [2.45, 2.75) is 51.9 Å². The molecule has 2 aliphatic rings. The zero-order valence-electron chi connectivity index (χ0n) is 19.9. The summed E-state index contributed by atoms with van der Waals surface area (Å²) in [6, 6.07) is 12.4. The number of rotatable bonds is 7. The maximum absolute atomic E-state index is 13.1. The molecule has 0 spiro atoms. The van der Waals surface area contributed by atoms with Crippen LogP contribution in [0, 0.1) is 6.92 Å². The molecule has 2 atom stereocenters. The largest absolute Gasteiger partial charge is 0.356 e. The lowest BCUT2D eigenvalue weighted by Gasteiger charge is -2.32. The van der Waals surface area contributed by atoms with Crippen LogP contribution in [-0.2, 0) is 18.4 Å². The summed E-state index contributed by atoms with van der Waals surface area (Å²) >= 11 is 0. The molecule has 3 heterocycles. The van der Waals surface area contributed by atoms with Gasteiger partial charge in [-0.05, 0) is 51.4 Å². The fourth-order valence-electron chi connectivity index (χ4n) is 4.72. The van der Waals surface area contributed by atoms with E-state index in [0.717, 1.165) is 24.2 Å². The van der Waals surface area contributed by atoms with Gasteiger partial charge in [0.25, 0.3) is 11.5 Å². The van der Waals surface area contributed by atoms with Crippen molar-refractivity contribution in [1.29, 1.82) is 0 Å². The second kappa shape index (κ2) is 10.3. The van der Waals surface area contributed by atoms with Gasteiger partial charge >= 0.3 is 0 Å². The summed E-state index contributed by atoms with van der Waals surface area (Å²) in [5.74, 6) is -0.0963. The number of piperidine rings is 1. The van der Waals surface area contributed by atoms with E-state index in [-0.39, 0.29) is 17.6 Å². The highest BCUT2D eigenvalue weighted by molar-refractivity contribution is 5.93. The van der Waals surface area contributed by atoms with Crippen molar-refractivity contribution in [3.05, 3.63) is 81.5 Å². The normalized spacial score (nSPS) is 19.7. The van der Waals surface area contributed by atoms with Gasteiger partial charge in [0.15, 0.2) is 0 Å². The van der Waals surface area contributed by atoms with Crippen molar-refractivity contribution in [3.8, 4) is 0 Å². The van der Waals surface area contributed by atoms with Crippen molar-refractivity contribution in [2.24, 2.45) is 7.05 Å². The number of pyridine rings is 1. The smallest absolute Gasteiger partial charge is 0.268 e. The summed E-state index contributed by atoms with van der Waals surface area (Å²) in [4.78, 5) is 29.8. The molecule has 2 N–H and O–H groups in total. The Morgan fingerprint density at radius 3 is 2.61 bits per heavy atom. The van der Waals surface area contributed by atoms with Gasteiger partial charge in [0.2, 0.25) is 0 Å². The number of benzene rings is 1. The molecule has 0 radical (unpaired) electrons. The fourth-order valence-corrected chi connectivity index (χ4v) is 4.72. The molecular formula is C26H35N5O2. The zero-order chi connectivity index (χ0) is 23.4. The predicted octanol–water partition coefficient (Wildman–Crippen LogP) is 2.63. The molecule has 7 nitrogen and oxygen atoms in total. The molecule has 1 amide bonds. The van der Waals surface area contributed by atoms with Crippen LogP contribution < -0.4 is 16.2 Å². The molecule has 0 aliphatic carbocycles. The van der Waals surface area contributed by atoms with Crippen molar-refractivity contribution < 1.29 is 4.79 Å². The minimum absolute atomic E-state index is 0.0102. The fraction of sp³-hybridized carbons (Fsp3) is 0.462. The highest BCUT2D eigenvalue weighted by atomic mass is 16.2. The summed E-state index contributed by atoms with van der Waals surface area (Å²) in [5.41, 5.74) is 3.33. The molecule has 1 aromatic carbocycles. The molecule has 33 heavy (non-hydrogen) atoms. The van der Waals surface area contributed by atoms with Gasteiger partial charge in [-0.15, -0.1) is 0 Å². The van der Waals surface area contributed by atoms with E-state index >= 15 is 0 Å². The van der Waals surface area contributed by atoms with Gasteiger partial charge < -0.3 is 20.1 Å². The second-order valence-electron chi connectivity index (χ2n) is 9.28. The van der Waals surface area contributed by atoms with Crippen molar-refractivity contribution in [2.75, 3.05) is 19.6 Å². The third-order valence-electron chi connectivity index (χ3n) is 6.64. The van der Waals surface area contributed by atoms with Gasteiger partial charge in [0.1, 0.15) is 11.9 Å². The number of hydrogen-bond donors (Lipinski definition) is 2. The van der Waals surface area contributed by atoms with Crippen LogP contribution in [0.4, 0.5) is 0 Å². The Kier molecular flexibility index (Phi) is 7.18. The van der Waals surface area contributed by atoms with Gasteiger partial charge in [0.05, 0.1) is 0 Å². The molecule has 4 rings (SSSR count). The number of amides is 1. The van der Waals surface area contributed by atoms with Crippen LogP contribution in [-0.4, -0.2) is 46.0 Å². The van der Waals surface area contributed by atoms with Crippen LogP contribution in [0.2, 0.25) is 0 Å². The van der Waals surface area contributed by atoms with Gasteiger partial charge in [-0.25, -0.2) is 0 Å². The molecule has 2 unspecified atom stereocenters. The summed E-state index contributed by atoms with van der Waals surface area (Å²) in [5, 5.41) is 6.52. The average molecular weight is 450 g/mol. The van der Waals surface area contributed by atoms with E-state index in [9.17, 15) is 9.59 Å². The third-order valence-corrected chi connectivity index (χ3v) is 6.64. The number of aromatic nitrogens is 1. The Balaban J connectivity index is 1.50. The first kappa shape index (κ1) is 23.1. The molecule has 0 saturated carbocycles. The van der Waals surface area contributed by atoms with E-state index in [1.54, 1.807) is 11.6 Å². The van der Waals surface area contributed by atoms with Crippen LogP contribution in [0.5, 0.6) is 0 Å². The molecule has 1 fully saturated rings. The van der Waals surface area contributed by atoms with Crippen molar-refractivity contribution in [1.82, 2.24) is 25.0 Å². The first-order chi connectivity index (χ1) is 15.9. The molecule has 176 valence electrons. The van der Waals surface area contributed by atoms with Crippen LogP contribution in [0.1, 0.15) is 49.0 Å². The van der Waals surface area contributed by atoms with Gasteiger partial charge in [-0.1, -0.05) is 36.8 Å². The van der Waals surface area contributed by atoms with E-state index in [0.29, 0.717) is 30.4 Å². The Bertz CT molecular complexity index is 1030. The lowest BCUT2D eigenvalue weighted by molar-refractivity contribution is -0.118. The first-order valence-corrected chi connectivity index (χ1v) is 11.9. The molecule has 0 bridgehead atoms. The van der Waals surface area contributed by atoms with Crippen molar-refractivity contribution >= 4 is 5.91 Å². The highest BCUT2D eigenvalue weighted by Gasteiger charge is 2.29. The third kappa shape index (κ3) is 5.47. The number of aryl methyl sites for hydroxylation is 2. The molecule has 2 aliphatic heterocycles. The maximum atomic E-state index is 13.1. The van der Waals surface area contributed by atoms with Gasteiger partial charge in [-0.3, -0.25) is 14.5 Å². The van der Waals surface area contributed by atoms with Crippen molar-refractivity contribution in [3.63, 3.8) is 0 Å². The quantitative estimate of drug-likeness (QED) is 0.680. The standard InChI is InChI=1S/C26H35N5O2/c1-19-14-22(17-29(3)26(19)33)24-28-23(18-31(24)16-21-10-6-4-7-11-21)25(32)27-15-20(2)30-12-8-5-9-13-30/h4,6-7,10-11,14,17-18,20,24,28H,5,8-9,12-13,15-16H2,1-3H3,(H,27,32). The second-order valence-corrected chi connectivity index (χ2v) is 9.28. The van der Waals surface area contributed by atoms with Gasteiger partial charge in [0, 0.05) is 49.7 Å². The van der Waals surface area contributed by atoms with Crippen LogP contribution in [0.15, 0.2) is 59.3 Å². The number of nitrogens with zero attached hydrogens (tertiary/aromatic N) is 3. The molecule has 2 aromatic rings. The summed E-state index contributed by atoms with van der Waals surface area (Å²) in [6.45, 7) is 7.50. The lowest BCUT2D eigenvalue weighted by atomic mass is 10.1. The lowest BCUT2D eigenvalue weighted by Crippen LogP contribution is -2.45. The minimum Gasteiger partial charge on any atom is -0.356 e. The Morgan fingerprint density at radius 1 is 1.18 bits per heavy atom. The SMILES string of the molecule is Cc1cc(C2NC(C(=O)NCC(C)N3CCCCC3)=CN2Cc2ccccc2)cn(C)c1=O. The summed E-state index contributed by atoms with van der Waals surface area (Å²) < 4.78 is 1.60. The average Bonchev–Trinajstić information content (AvgIpc) is 3.25. The molecule has 1 aromatic heterocycles. The monoisotopic (exact) mass is 449 g/mol. The number of carbonyl (C=O) groups excluding carboxylic acids is 1. The minimum atomic E-state index is -0.226. The molecular weight excluding hydrogens is 414 g/mol. The van der Waals surface area contributed by atoms with Crippen LogP contribution in [0.25, 0.3) is 0 Å². The molecule has 1 saturated heterocycles. The van der Waals surface area contributed by atoms with E-state index in [1.165, 1.54) is 19.3 Å². The Labute approximate surface area is 196 Å². The maximum Gasteiger partial charge on any atom is 0.268 e. The van der Waals surface area contributed by atoms with E-state index < -0.39 is 0 Å². The topological polar surface area (TPSA) is 69.6 Å². The zero-order valence-corrected chi connectivity index (χ0v) is 19.9. The van der Waals surface area contributed by atoms with Crippen LogP contribution in [0.3, 0.4) is 0 Å². The number of nitrogens with one attached hydrogen (secondary N) is 2. The van der Waals surface area contributed by atoms with Crippen LogP contribution >= 0.6 is 0 Å². The van der Waals surface area contributed by atoms with E-state index in [1.807, 2.05) is 43.6 Å². The molecule has 7 heteroatoms. The summed E-state index contributed by atoms with van der Waals surface area (Å²) in [6.07, 6.45) is 7.29. The van der Waals surface area contributed by atoms with E-state index in [2.05, 4.69) is 39.5 Å². The Morgan fingerprint density at radius 2 is 1.91 bits per heavy atom. The number of hydrogen-bond acceptors (Lipinski definition) is 5. The Hall–Kier alpha value is -3.06. The highest BCUT2D eigenvalue weighted by Crippen LogP contribution is 2.27. The first-order valence-electron chi connectivity index (χ1n) is 11.9. The number of carbonyl (C=O) groups is 1. The van der Waals surface area contributed by atoms with E-state index in [4.69, 9.17) is 0 Å². The predicted molar refractivity (Wildman–Crippen MR) is 130 cm³/mol.